The average molecular weight is 286 g/mol. The molecule has 2 atom stereocenters. The third-order valence-corrected chi connectivity index (χ3v) is 2.63. The van der Waals surface area contributed by atoms with E-state index in [1.807, 2.05) is 6.07 Å². The van der Waals surface area contributed by atoms with Crippen molar-refractivity contribution in [2.75, 3.05) is 11.1 Å². The van der Waals surface area contributed by atoms with Gasteiger partial charge in [-0.15, -0.1) is 0 Å². The van der Waals surface area contributed by atoms with Gasteiger partial charge in [0.15, 0.2) is 0 Å². The molecule has 1 aromatic heterocycles. The number of nitrogens with two attached hydrogens (primary N) is 1. The third-order valence-electron chi connectivity index (χ3n) is 2.17. The first-order valence-electron chi connectivity index (χ1n) is 4.67. The zero-order chi connectivity index (χ0) is 12.1. The number of nitriles is 1. The number of nitrogen functional groups attached to an aromatic ring is 1. The molecule has 0 aliphatic carbocycles. The van der Waals surface area contributed by atoms with Crippen molar-refractivity contribution >= 4 is 21.7 Å². The van der Waals surface area contributed by atoms with E-state index in [0.717, 1.165) is 0 Å². The highest BCUT2D eigenvalue weighted by atomic mass is 79.9. The number of hydrogen-bond donors (Lipinski definition) is 3. The molecule has 1 heterocycles. The fraction of sp³-hybridized carbons (Fsp3) is 0.400. The van der Waals surface area contributed by atoms with Crippen molar-refractivity contribution in [3.63, 3.8) is 0 Å². The highest BCUT2D eigenvalue weighted by Crippen LogP contribution is 2.21. The molecule has 0 saturated heterocycles. The summed E-state index contributed by atoms with van der Waals surface area (Å²) in [5.74, 6) is 0.119. The molecule has 4 N–H and O–H groups in total. The van der Waals surface area contributed by atoms with Gasteiger partial charge >= 0.3 is 0 Å². The Kier molecular flexibility index (Phi) is 4.68. The van der Waals surface area contributed by atoms with Crippen molar-refractivity contribution in [3.05, 3.63) is 23.4 Å². The molecule has 0 spiro atoms. The number of nitrogens with zero attached hydrogens (tertiary/aromatic N) is 2. The van der Waals surface area contributed by atoms with Crippen molar-refractivity contribution in [2.45, 2.75) is 18.6 Å². The predicted octanol–water partition coefficient (Wildman–Crippen LogP) is 0.715. The Labute approximate surface area is 102 Å². The largest absolute Gasteiger partial charge is 0.390 e. The summed E-state index contributed by atoms with van der Waals surface area (Å²) in [6.45, 7) is 0. The molecule has 86 valence electrons. The highest BCUT2D eigenvalue weighted by molar-refractivity contribution is 9.09. The molecular formula is C10H12BrN3O2. The smallest absolute Gasteiger partial charge is 0.141 e. The van der Waals surface area contributed by atoms with E-state index < -0.39 is 12.2 Å². The maximum Gasteiger partial charge on any atom is 0.141 e. The van der Waals surface area contributed by atoms with Gasteiger partial charge in [-0.1, -0.05) is 15.9 Å². The van der Waals surface area contributed by atoms with Gasteiger partial charge in [0.25, 0.3) is 0 Å². The van der Waals surface area contributed by atoms with E-state index in [4.69, 9.17) is 11.0 Å². The number of hydrogen-bond acceptors (Lipinski definition) is 5. The first-order chi connectivity index (χ1) is 7.60. The maximum absolute atomic E-state index is 9.77. The topological polar surface area (TPSA) is 103 Å². The predicted molar refractivity (Wildman–Crippen MR) is 62.7 cm³/mol. The van der Waals surface area contributed by atoms with Crippen LogP contribution in [0.4, 0.5) is 5.82 Å². The van der Waals surface area contributed by atoms with E-state index in [-0.39, 0.29) is 11.4 Å². The number of alkyl halides is 1. The first kappa shape index (κ1) is 12.9. The van der Waals surface area contributed by atoms with E-state index in [9.17, 15) is 10.2 Å². The number of rotatable bonds is 4. The Morgan fingerprint density at radius 2 is 2.25 bits per heavy atom. The van der Waals surface area contributed by atoms with E-state index in [0.29, 0.717) is 17.3 Å². The Balaban J connectivity index is 2.92. The van der Waals surface area contributed by atoms with Crippen LogP contribution in [0.3, 0.4) is 0 Å². The average Bonchev–Trinajstić information content (AvgIpc) is 2.29. The first-order valence-corrected chi connectivity index (χ1v) is 5.80. The van der Waals surface area contributed by atoms with Gasteiger partial charge in [-0.2, -0.15) is 5.26 Å². The molecule has 2 unspecified atom stereocenters. The van der Waals surface area contributed by atoms with Gasteiger partial charge < -0.3 is 15.9 Å². The molecule has 0 bridgehead atoms. The molecule has 16 heavy (non-hydrogen) atoms. The molecule has 6 heteroatoms. The summed E-state index contributed by atoms with van der Waals surface area (Å²) < 4.78 is 0. The van der Waals surface area contributed by atoms with Crippen LogP contribution in [-0.4, -0.2) is 26.6 Å². The number of halogens is 1. The lowest BCUT2D eigenvalue weighted by Gasteiger charge is -2.17. The normalized spacial score (nSPS) is 14.1. The van der Waals surface area contributed by atoms with Gasteiger partial charge in [-0.3, -0.25) is 0 Å². The van der Waals surface area contributed by atoms with Gasteiger partial charge in [0.1, 0.15) is 18.0 Å². The molecule has 5 nitrogen and oxygen atoms in total. The Hall–Kier alpha value is -1.16. The number of aliphatic hydroxyl groups is 2. The molecule has 0 amide bonds. The summed E-state index contributed by atoms with van der Waals surface area (Å²) in [6, 6.07) is 3.31. The summed E-state index contributed by atoms with van der Waals surface area (Å²) in [7, 11) is 0. The monoisotopic (exact) mass is 285 g/mol. The minimum Gasteiger partial charge on any atom is -0.390 e. The Morgan fingerprint density at radius 1 is 1.56 bits per heavy atom. The minimum absolute atomic E-state index is 0.119. The van der Waals surface area contributed by atoms with Crippen molar-refractivity contribution in [1.29, 1.82) is 5.26 Å². The second-order valence-electron chi connectivity index (χ2n) is 3.30. The number of aromatic nitrogens is 1. The third kappa shape index (κ3) is 2.92. The number of anilines is 1. The quantitative estimate of drug-likeness (QED) is 0.707. The van der Waals surface area contributed by atoms with Crippen molar-refractivity contribution < 1.29 is 10.2 Å². The van der Waals surface area contributed by atoms with Crippen molar-refractivity contribution in [3.8, 4) is 6.07 Å². The Bertz CT molecular complexity index is 406. The summed E-state index contributed by atoms with van der Waals surface area (Å²) in [4.78, 5) is 3.79. The van der Waals surface area contributed by atoms with Gasteiger partial charge in [0, 0.05) is 17.1 Å². The van der Waals surface area contributed by atoms with Crippen LogP contribution in [0.5, 0.6) is 0 Å². The molecular weight excluding hydrogens is 274 g/mol. The fourth-order valence-electron chi connectivity index (χ4n) is 1.23. The summed E-state index contributed by atoms with van der Waals surface area (Å²) in [6.07, 6.45) is -0.180. The van der Waals surface area contributed by atoms with E-state index >= 15 is 0 Å². The Morgan fingerprint density at radius 3 is 2.81 bits per heavy atom. The number of aliphatic hydroxyl groups excluding tert-OH is 2. The zero-order valence-electron chi connectivity index (χ0n) is 8.47. The minimum atomic E-state index is -1.06. The zero-order valence-corrected chi connectivity index (χ0v) is 10.1. The molecule has 0 aromatic carbocycles. The van der Waals surface area contributed by atoms with Crippen molar-refractivity contribution in [2.24, 2.45) is 0 Å². The van der Waals surface area contributed by atoms with Crippen LogP contribution < -0.4 is 5.73 Å². The number of pyridine rings is 1. The van der Waals surface area contributed by atoms with Gasteiger partial charge in [-0.25, -0.2) is 4.98 Å². The second-order valence-corrected chi connectivity index (χ2v) is 4.10. The summed E-state index contributed by atoms with van der Waals surface area (Å²) in [5, 5.41) is 28.7. The van der Waals surface area contributed by atoms with Gasteiger partial charge in [-0.05, 0) is 12.5 Å². The van der Waals surface area contributed by atoms with Crippen LogP contribution in [0.2, 0.25) is 0 Å². The maximum atomic E-state index is 9.77. The molecule has 1 aromatic rings. The summed E-state index contributed by atoms with van der Waals surface area (Å²) >= 11 is 3.17. The van der Waals surface area contributed by atoms with Crippen LogP contribution >= 0.6 is 15.9 Å². The molecule has 0 aliphatic rings. The molecule has 0 saturated carbocycles. The molecule has 0 aliphatic heterocycles. The van der Waals surface area contributed by atoms with E-state index in [1.165, 1.54) is 12.3 Å². The van der Waals surface area contributed by atoms with Crippen molar-refractivity contribution in [1.82, 2.24) is 4.98 Å². The lowest BCUT2D eigenvalue weighted by atomic mass is 10.0. The fourth-order valence-corrected chi connectivity index (χ4v) is 1.70. The van der Waals surface area contributed by atoms with Crippen LogP contribution in [-0.2, 0) is 0 Å². The standard InChI is InChI=1S/C10H12BrN3O2/c11-2-1-8(15)9(16)7-3-6(4-12)10(13)14-5-7/h3,5,8-9,15-16H,1-2H2,(H2,13,14). The van der Waals surface area contributed by atoms with Crippen LogP contribution in [0.1, 0.15) is 23.7 Å². The summed E-state index contributed by atoms with van der Waals surface area (Å²) in [5.41, 5.74) is 6.03. The van der Waals surface area contributed by atoms with E-state index in [1.54, 1.807) is 0 Å². The van der Waals surface area contributed by atoms with Gasteiger partial charge in [0.2, 0.25) is 0 Å². The lowest BCUT2D eigenvalue weighted by Crippen LogP contribution is -2.19. The molecule has 0 fully saturated rings. The highest BCUT2D eigenvalue weighted by Gasteiger charge is 2.19. The van der Waals surface area contributed by atoms with Crippen LogP contribution in [0.25, 0.3) is 0 Å². The van der Waals surface area contributed by atoms with Crippen LogP contribution in [0.15, 0.2) is 12.3 Å². The molecule has 0 radical (unpaired) electrons. The second kappa shape index (κ2) is 5.80. The van der Waals surface area contributed by atoms with Crippen LogP contribution in [0, 0.1) is 11.3 Å². The lowest BCUT2D eigenvalue weighted by molar-refractivity contribution is 0.0172. The SMILES string of the molecule is N#Cc1cc(C(O)C(O)CCBr)cnc1N. The van der Waals surface area contributed by atoms with E-state index in [2.05, 4.69) is 20.9 Å². The van der Waals surface area contributed by atoms with Gasteiger partial charge in [0.05, 0.1) is 11.7 Å². The molecule has 1 rings (SSSR count).